The fourth-order valence-corrected chi connectivity index (χ4v) is 6.19. The summed E-state index contributed by atoms with van der Waals surface area (Å²) in [5.74, 6) is -0.555. The molecule has 46 heavy (non-hydrogen) atoms. The fourth-order valence-electron chi connectivity index (χ4n) is 4.20. The molecular formula is C34H26Cl2N4O4S2. The van der Waals surface area contributed by atoms with E-state index in [2.05, 4.69) is 20.9 Å². The fraction of sp³-hybridized carbons (Fsp3) is 0.0588. The van der Waals surface area contributed by atoms with E-state index in [0.717, 1.165) is 10.5 Å². The molecule has 0 atom stereocenters. The van der Waals surface area contributed by atoms with Gasteiger partial charge in [-0.3, -0.25) is 14.4 Å². The highest BCUT2D eigenvalue weighted by Gasteiger charge is 2.17. The van der Waals surface area contributed by atoms with Crippen molar-refractivity contribution in [3.05, 3.63) is 129 Å². The van der Waals surface area contributed by atoms with Gasteiger partial charge in [0.05, 0.1) is 23.6 Å². The first-order valence-electron chi connectivity index (χ1n) is 13.7. The molecule has 0 aliphatic carbocycles. The molecule has 3 amide bonds. The predicted octanol–water partition coefficient (Wildman–Crippen LogP) is 8.27. The van der Waals surface area contributed by atoms with Crippen molar-refractivity contribution < 1.29 is 19.1 Å². The lowest BCUT2D eigenvalue weighted by molar-refractivity contribution is -0.114. The number of para-hydroxylation sites is 1. The van der Waals surface area contributed by atoms with Gasteiger partial charge in [-0.1, -0.05) is 65.7 Å². The van der Waals surface area contributed by atoms with Crippen molar-refractivity contribution in [1.82, 2.24) is 10.3 Å². The highest BCUT2D eigenvalue weighted by Crippen LogP contribution is 2.32. The van der Waals surface area contributed by atoms with Gasteiger partial charge in [0.2, 0.25) is 5.91 Å². The lowest BCUT2D eigenvalue weighted by Gasteiger charge is -2.13. The van der Waals surface area contributed by atoms with Gasteiger partial charge in [0.1, 0.15) is 11.4 Å². The molecule has 0 saturated carbocycles. The van der Waals surface area contributed by atoms with Crippen LogP contribution in [0.1, 0.15) is 15.9 Å². The number of thioether (sulfide) groups is 1. The minimum absolute atomic E-state index is 0.0264. The number of rotatable bonds is 11. The average Bonchev–Trinajstić information content (AvgIpc) is 3.52. The van der Waals surface area contributed by atoms with Crippen LogP contribution in [0.4, 0.5) is 10.8 Å². The SMILES string of the molecule is COc1ccccc1/C=C(/NC(=O)c1ccccc1)C(=O)Nc1cccc(SCC(=O)Nc2nc(-c3ccc(Cl)cc3Cl)cs2)c1. The summed E-state index contributed by atoms with van der Waals surface area (Å²) in [6, 6.07) is 28.0. The van der Waals surface area contributed by atoms with E-state index in [-0.39, 0.29) is 17.4 Å². The third-order valence-electron chi connectivity index (χ3n) is 6.39. The van der Waals surface area contributed by atoms with E-state index in [9.17, 15) is 14.4 Å². The smallest absolute Gasteiger partial charge is 0.272 e. The van der Waals surface area contributed by atoms with Gasteiger partial charge in [0, 0.05) is 37.7 Å². The maximum Gasteiger partial charge on any atom is 0.272 e. The predicted molar refractivity (Wildman–Crippen MR) is 187 cm³/mol. The zero-order valence-electron chi connectivity index (χ0n) is 24.3. The number of thiazole rings is 1. The van der Waals surface area contributed by atoms with E-state index in [1.807, 2.05) is 23.6 Å². The summed E-state index contributed by atoms with van der Waals surface area (Å²) in [7, 11) is 1.53. The number of carbonyl (C=O) groups is 3. The second-order valence-electron chi connectivity index (χ2n) is 9.60. The number of hydrogen-bond donors (Lipinski definition) is 3. The normalized spacial score (nSPS) is 11.1. The van der Waals surface area contributed by atoms with E-state index in [0.29, 0.717) is 43.4 Å². The minimum atomic E-state index is -0.532. The molecular weight excluding hydrogens is 663 g/mol. The van der Waals surface area contributed by atoms with Crippen LogP contribution >= 0.6 is 46.3 Å². The zero-order chi connectivity index (χ0) is 32.5. The van der Waals surface area contributed by atoms with E-state index in [4.69, 9.17) is 27.9 Å². The summed E-state index contributed by atoms with van der Waals surface area (Å²) in [4.78, 5) is 44.4. The summed E-state index contributed by atoms with van der Waals surface area (Å²) in [5.41, 5.74) is 2.88. The molecule has 8 nitrogen and oxygen atoms in total. The van der Waals surface area contributed by atoms with Crippen LogP contribution in [0, 0.1) is 0 Å². The first-order chi connectivity index (χ1) is 22.3. The van der Waals surface area contributed by atoms with Gasteiger partial charge in [-0.05, 0) is 60.7 Å². The van der Waals surface area contributed by atoms with E-state index < -0.39 is 11.8 Å². The monoisotopic (exact) mass is 688 g/mol. The molecule has 1 heterocycles. The number of anilines is 2. The average molecular weight is 690 g/mol. The second-order valence-corrected chi connectivity index (χ2v) is 12.4. The Morgan fingerprint density at radius 2 is 1.70 bits per heavy atom. The van der Waals surface area contributed by atoms with Gasteiger partial charge in [-0.2, -0.15) is 0 Å². The van der Waals surface area contributed by atoms with Gasteiger partial charge >= 0.3 is 0 Å². The molecule has 0 bridgehead atoms. The van der Waals surface area contributed by atoms with Gasteiger partial charge < -0.3 is 20.7 Å². The molecule has 4 aromatic carbocycles. The number of amides is 3. The maximum absolute atomic E-state index is 13.5. The van der Waals surface area contributed by atoms with E-state index >= 15 is 0 Å². The summed E-state index contributed by atoms with van der Waals surface area (Å²) < 4.78 is 5.43. The van der Waals surface area contributed by atoms with Crippen molar-refractivity contribution in [3.63, 3.8) is 0 Å². The Hall–Kier alpha value is -4.61. The standard InChI is InChI=1S/C34H26Cl2N4O4S2/c1-44-30-13-6-5-10-22(30)16-28(38-32(42)21-8-3-2-4-9-21)33(43)37-24-11-7-12-25(18-24)45-20-31(41)40-34-39-29(19-46-34)26-15-14-23(35)17-27(26)36/h2-19H,20H2,1H3,(H,37,43)(H,38,42)(H,39,40,41)/b28-16+. The molecule has 0 spiro atoms. The highest BCUT2D eigenvalue weighted by molar-refractivity contribution is 8.00. The molecule has 5 aromatic rings. The van der Waals surface area contributed by atoms with Crippen LogP contribution in [0.15, 0.2) is 113 Å². The minimum Gasteiger partial charge on any atom is -0.496 e. The third-order valence-corrected chi connectivity index (χ3v) is 8.69. The van der Waals surface area contributed by atoms with Crippen LogP contribution < -0.4 is 20.7 Å². The number of methoxy groups -OCH3 is 1. The summed E-state index contributed by atoms with van der Waals surface area (Å²) in [5, 5.41) is 11.6. The Labute approximate surface area is 283 Å². The molecule has 0 aliphatic heterocycles. The third kappa shape index (κ3) is 8.76. The highest BCUT2D eigenvalue weighted by atomic mass is 35.5. The number of hydrogen-bond acceptors (Lipinski definition) is 7. The lowest BCUT2D eigenvalue weighted by Crippen LogP contribution is -2.30. The quantitative estimate of drug-likeness (QED) is 0.0952. The second kappa shape index (κ2) is 15.6. The number of nitrogens with zero attached hydrogens (tertiary/aromatic N) is 1. The van der Waals surface area contributed by atoms with Gasteiger partial charge in [0.15, 0.2) is 5.13 Å². The summed E-state index contributed by atoms with van der Waals surface area (Å²) in [6.07, 6.45) is 1.56. The van der Waals surface area contributed by atoms with Crippen LogP contribution in [-0.4, -0.2) is 35.6 Å². The van der Waals surface area contributed by atoms with Crippen molar-refractivity contribution in [3.8, 4) is 17.0 Å². The van der Waals surface area contributed by atoms with Crippen LogP contribution in [-0.2, 0) is 9.59 Å². The summed E-state index contributed by atoms with van der Waals surface area (Å²) in [6.45, 7) is 0. The van der Waals surface area contributed by atoms with Crippen molar-refractivity contribution in [2.45, 2.75) is 4.90 Å². The van der Waals surface area contributed by atoms with Crippen LogP contribution in [0.2, 0.25) is 10.0 Å². The Morgan fingerprint density at radius 3 is 2.48 bits per heavy atom. The van der Waals surface area contributed by atoms with Crippen molar-refractivity contribution >= 4 is 80.9 Å². The number of benzene rings is 4. The molecule has 0 unspecified atom stereocenters. The molecule has 0 fully saturated rings. The van der Waals surface area contributed by atoms with Gasteiger partial charge in [-0.25, -0.2) is 4.98 Å². The van der Waals surface area contributed by atoms with Crippen LogP contribution in [0.25, 0.3) is 17.3 Å². The molecule has 232 valence electrons. The number of halogens is 2. The molecule has 0 saturated heterocycles. The van der Waals surface area contributed by atoms with Crippen molar-refractivity contribution in [2.24, 2.45) is 0 Å². The molecule has 3 N–H and O–H groups in total. The molecule has 12 heteroatoms. The Balaban J connectivity index is 1.24. The number of carbonyl (C=O) groups excluding carboxylic acids is 3. The molecule has 1 aromatic heterocycles. The Kier molecular flexibility index (Phi) is 11.1. The molecule has 0 aliphatic rings. The van der Waals surface area contributed by atoms with Crippen LogP contribution in [0.3, 0.4) is 0 Å². The Morgan fingerprint density at radius 1 is 0.913 bits per heavy atom. The van der Waals surface area contributed by atoms with Crippen molar-refractivity contribution in [2.75, 3.05) is 23.5 Å². The number of ether oxygens (including phenoxy) is 1. The van der Waals surface area contributed by atoms with Crippen molar-refractivity contribution in [1.29, 1.82) is 0 Å². The van der Waals surface area contributed by atoms with E-state index in [1.165, 1.54) is 30.2 Å². The largest absolute Gasteiger partial charge is 0.496 e. The lowest BCUT2D eigenvalue weighted by atomic mass is 10.1. The maximum atomic E-state index is 13.5. The number of nitrogens with one attached hydrogen (secondary N) is 3. The summed E-state index contributed by atoms with van der Waals surface area (Å²) >= 11 is 14.9. The molecule has 0 radical (unpaired) electrons. The van der Waals surface area contributed by atoms with E-state index in [1.54, 1.807) is 84.9 Å². The van der Waals surface area contributed by atoms with Gasteiger partial charge in [-0.15, -0.1) is 23.1 Å². The molecule has 5 rings (SSSR count). The topological polar surface area (TPSA) is 109 Å². The first-order valence-corrected chi connectivity index (χ1v) is 16.4. The zero-order valence-corrected chi connectivity index (χ0v) is 27.4. The number of aromatic nitrogens is 1. The Bertz CT molecular complexity index is 1910. The van der Waals surface area contributed by atoms with Crippen LogP contribution in [0.5, 0.6) is 5.75 Å². The first kappa shape index (κ1) is 32.8. The van der Waals surface area contributed by atoms with Gasteiger partial charge in [0.25, 0.3) is 11.8 Å².